The summed E-state index contributed by atoms with van der Waals surface area (Å²) in [4.78, 5) is 108. The Morgan fingerprint density at radius 3 is 2.16 bits per heavy atom. The van der Waals surface area contributed by atoms with Crippen LogP contribution < -0.4 is 54.2 Å². The maximum Gasteiger partial charge on any atom is 0.330 e. The minimum atomic E-state index is -1.95. The molecule has 1 aromatic rings. The second kappa shape index (κ2) is 25.2. The first-order chi connectivity index (χ1) is 32.5. The van der Waals surface area contributed by atoms with E-state index in [9.17, 15) is 69.0 Å². The van der Waals surface area contributed by atoms with Crippen molar-refractivity contribution < 1.29 is 78.4 Å². The third-order valence-electron chi connectivity index (χ3n) is 11.6. The number of H-pyrrole nitrogens is 1. The van der Waals surface area contributed by atoms with Gasteiger partial charge in [0.2, 0.25) is 17.7 Å². The summed E-state index contributed by atoms with van der Waals surface area (Å²) < 4.78 is 24.0. The van der Waals surface area contributed by atoms with Gasteiger partial charge in [-0.25, -0.2) is 14.4 Å². The fraction of sp³-hybridized carbons (Fsp3) is 0.725. The molecule has 2 saturated heterocycles. The van der Waals surface area contributed by atoms with E-state index in [4.69, 9.17) is 24.7 Å². The summed E-state index contributed by atoms with van der Waals surface area (Å²) in [5.74, 6) is -6.39. The minimum absolute atomic E-state index is 0.0412. The lowest BCUT2D eigenvalue weighted by Gasteiger charge is -2.34. The lowest BCUT2D eigenvalue weighted by molar-refractivity contribution is -0.231. The van der Waals surface area contributed by atoms with Gasteiger partial charge in [-0.15, -0.1) is 0 Å². The van der Waals surface area contributed by atoms with Crippen molar-refractivity contribution in [2.24, 2.45) is 22.6 Å². The van der Waals surface area contributed by atoms with E-state index in [1.165, 1.54) is 14.0 Å². The number of nitrogens with one attached hydrogen (secondary N) is 8. The monoisotopic (exact) mass is 987 g/mol. The van der Waals surface area contributed by atoms with Crippen LogP contribution in [0.1, 0.15) is 53.7 Å². The number of nitrogens with zero attached hydrogens (tertiary/aromatic N) is 2. The Labute approximate surface area is 394 Å². The van der Waals surface area contributed by atoms with Gasteiger partial charge >= 0.3 is 23.7 Å². The molecule has 69 heavy (non-hydrogen) atoms. The van der Waals surface area contributed by atoms with Crippen LogP contribution in [0.15, 0.2) is 26.8 Å². The number of ether oxygens (including phenoxy) is 4. The van der Waals surface area contributed by atoms with Gasteiger partial charge in [0, 0.05) is 45.9 Å². The number of hydrogen-bond acceptors (Lipinski definition) is 20. The number of amides is 5. The fourth-order valence-electron chi connectivity index (χ4n) is 7.80. The van der Waals surface area contributed by atoms with Crippen molar-refractivity contribution in [3.8, 4) is 0 Å². The standard InChI is InChI=1S/C40H65N11O18/c1-15(2)21(35(60)61)49-39(64)50-22(18-8-12-44-38(41)46-18)33(59)48-23(25(54)16(3)4)32(58)43-11-7-10-42-24(36(62)63)29(69-37-31(66-6)26(55)19(67-37)14-45-17(5)52)30-27(56)28(57)34(68-30)51-13-9-20(53)47-40(51)65/h9,13,15-16,18-19,21-31,34,37,42,54-57H,7-8,10-12,14H2,1-6H3,(H,43,58)(H,45,52)(H,48,59)(H,60,61)(H,62,63)(H3,41,44,46)(H,47,53,65)(H2,49,50,64)/t18?,19-,21?,22?,23?,24?,25?,26-,27+,28-,29?,30+,31-,34-,37?/m1/s1. The van der Waals surface area contributed by atoms with Crippen LogP contribution in [0.5, 0.6) is 0 Å². The number of aliphatic hydroxyl groups excluding tert-OH is 4. The molecule has 388 valence electrons. The summed E-state index contributed by atoms with van der Waals surface area (Å²) in [6.07, 6.45) is -14.9. The first-order valence-corrected chi connectivity index (χ1v) is 22.1. The number of urea groups is 1. The molecule has 0 radical (unpaired) electrons. The van der Waals surface area contributed by atoms with E-state index < -0.39 is 150 Å². The molecule has 4 rings (SSSR count). The van der Waals surface area contributed by atoms with Crippen molar-refractivity contribution in [1.82, 2.24) is 46.8 Å². The molecule has 0 spiro atoms. The van der Waals surface area contributed by atoms with Crippen LogP contribution >= 0.6 is 0 Å². The summed E-state index contributed by atoms with van der Waals surface area (Å²) >= 11 is 0. The highest BCUT2D eigenvalue weighted by Gasteiger charge is 2.54. The maximum absolute atomic E-state index is 13.9. The number of aliphatic carboxylic acids is 2. The van der Waals surface area contributed by atoms with E-state index in [1.54, 1.807) is 27.7 Å². The SMILES string of the molecule is CO[C@H]1C(OC(C(NCCCNC(=O)C(NC(=O)C(NC(=O)NC(C(=O)O)C(C)C)C2CCN=C(N)N2)C(O)C(C)C)C(=O)O)[C@H]2O[C@@H](n3ccc(=O)[nH]c3=O)[C@H](O)[C@@H]2O)O[C@H](CNC(C)=O)[C@H]1O. The molecular formula is C40H65N11O18. The first-order valence-electron chi connectivity index (χ1n) is 22.1. The number of carboxylic acids is 2. The van der Waals surface area contributed by atoms with Crippen molar-refractivity contribution in [2.75, 3.05) is 33.3 Å². The predicted octanol–water partition coefficient (Wildman–Crippen LogP) is -6.72. The maximum atomic E-state index is 13.9. The van der Waals surface area contributed by atoms with Gasteiger partial charge in [-0.3, -0.25) is 38.5 Å². The zero-order valence-electron chi connectivity index (χ0n) is 38.8. The van der Waals surface area contributed by atoms with Gasteiger partial charge in [0.05, 0.1) is 12.1 Å². The van der Waals surface area contributed by atoms with Crippen LogP contribution in [-0.4, -0.2) is 200 Å². The summed E-state index contributed by atoms with van der Waals surface area (Å²) in [7, 11) is 1.20. The van der Waals surface area contributed by atoms with Crippen molar-refractivity contribution in [3.63, 3.8) is 0 Å². The van der Waals surface area contributed by atoms with E-state index in [0.717, 1.165) is 16.8 Å². The van der Waals surface area contributed by atoms with Crippen molar-refractivity contribution >= 4 is 41.7 Å². The number of aromatic nitrogens is 2. The molecule has 5 amide bonds. The molecule has 29 heteroatoms. The van der Waals surface area contributed by atoms with E-state index in [2.05, 4.69) is 42.2 Å². The summed E-state index contributed by atoms with van der Waals surface area (Å²) in [5.41, 5.74) is 4.04. The molecule has 0 aliphatic carbocycles. The Morgan fingerprint density at radius 2 is 1.58 bits per heavy atom. The zero-order chi connectivity index (χ0) is 51.4. The number of carbonyl (C=O) groups excluding carboxylic acids is 4. The second-order valence-electron chi connectivity index (χ2n) is 17.4. The molecule has 8 unspecified atom stereocenters. The average molecular weight is 988 g/mol. The van der Waals surface area contributed by atoms with Crippen molar-refractivity contribution in [2.45, 2.75) is 139 Å². The number of nitrogens with two attached hydrogens (primary N) is 1. The molecule has 3 aliphatic rings. The van der Waals surface area contributed by atoms with E-state index in [1.807, 2.05) is 4.98 Å². The molecule has 0 aromatic carbocycles. The van der Waals surface area contributed by atoms with Crippen LogP contribution in [0.2, 0.25) is 0 Å². The van der Waals surface area contributed by atoms with Gasteiger partial charge in [0.1, 0.15) is 66.9 Å². The van der Waals surface area contributed by atoms with Crippen LogP contribution in [0.4, 0.5) is 4.79 Å². The predicted molar refractivity (Wildman–Crippen MR) is 236 cm³/mol. The highest BCUT2D eigenvalue weighted by molar-refractivity contribution is 5.94. The lowest BCUT2D eigenvalue weighted by atomic mass is 9.97. The number of carbonyl (C=O) groups is 6. The van der Waals surface area contributed by atoms with Crippen LogP contribution in [0, 0.1) is 11.8 Å². The Hall–Kier alpha value is -5.79. The van der Waals surface area contributed by atoms with Gasteiger partial charge in [-0.2, -0.15) is 0 Å². The van der Waals surface area contributed by atoms with Gasteiger partial charge in [-0.05, 0) is 31.2 Å². The smallest absolute Gasteiger partial charge is 0.330 e. The van der Waals surface area contributed by atoms with E-state index >= 15 is 0 Å². The highest BCUT2D eigenvalue weighted by atomic mass is 16.7. The van der Waals surface area contributed by atoms with Crippen molar-refractivity contribution in [1.29, 1.82) is 0 Å². The third kappa shape index (κ3) is 14.6. The fourth-order valence-corrected chi connectivity index (χ4v) is 7.80. The quantitative estimate of drug-likeness (QED) is 0.0428. The Kier molecular flexibility index (Phi) is 20.4. The molecule has 3 aliphatic heterocycles. The summed E-state index contributed by atoms with van der Waals surface area (Å²) in [6, 6.07) is -7.22. The normalized spacial score (nSPS) is 27.2. The van der Waals surface area contributed by atoms with E-state index in [0.29, 0.717) is 0 Å². The van der Waals surface area contributed by atoms with Gasteiger partial charge in [0.15, 0.2) is 18.5 Å². The highest BCUT2D eigenvalue weighted by Crippen LogP contribution is 2.35. The number of methoxy groups -OCH3 is 1. The van der Waals surface area contributed by atoms with Crippen LogP contribution in [0.25, 0.3) is 0 Å². The Morgan fingerprint density at radius 1 is 0.899 bits per heavy atom. The molecule has 4 heterocycles. The molecule has 15 atom stereocenters. The van der Waals surface area contributed by atoms with Gasteiger partial charge < -0.3 is 92.5 Å². The topological polar surface area (TPSA) is 438 Å². The lowest BCUT2D eigenvalue weighted by Crippen LogP contribution is -2.66. The number of hydrogen-bond donors (Lipinski definition) is 15. The number of aliphatic imine (C=N–C) groups is 1. The number of guanidine groups is 1. The zero-order valence-corrected chi connectivity index (χ0v) is 38.8. The molecule has 2 fully saturated rings. The van der Waals surface area contributed by atoms with Crippen LogP contribution in [0.3, 0.4) is 0 Å². The molecule has 0 saturated carbocycles. The largest absolute Gasteiger partial charge is 0.480 e. The molecular weight excluding hydrogens is 922 g/mol. The number of aliphatic hydroxyl groups is 4. The number of rotatable bonds is 24. The molecule has 29 nitrogen and oxygen atoms in total. The van der Waals surface area contributed by atoms with Gasteiger partial charge in [-0.1, -0.05) is 27.7 Å². The number of aromatic amines is 1. The summed E-state index contributed by atoms with van der Waals surface area (Å²) in [5, 5.41) is 82.4. The Bertz CT molecular complexity index is 2110. The number of carboxylic acid groups (broad SMARTS) is 2. The second-order valence-corrected chi connectivity index (χ2v) is 17.4. The Balaban J connectivity index is 1.52. The minimum Gasteiger partial charge on any atom is -0.480 e. The third-order valence-corrected chi connectivity index (χ3v) is 11.6. The molecule has 1 aromatic heterocycles. The van der Waals surface area contributed by atoms with Gasteiger partial charge in [0.25, 0.3) is 5.56 Å². The average Bonchev–Trinajstić information content (AvgIpc) is 3.74. The van der Waals surface area contributed by atoms with Crippen LogP contribution in [-0.2, 0) is 42.9 Å². The van der Waals surface area contributed by atoms with E-state index in [-0.39, 0.29) is 45.0 Å². The van der Waals surface area contributed by atoms with Crippen molar-refractivity contribution in [3.05, 3.63) is 33.1 Å². The first kappa shape index (κ1) is 55.8. The molecule has 0 bridgehead atoms. The molecule has 16 N–H and O–H groups in total. The summed E-state index contributed by atoms with van der Waals surface area (Å²) in [6.45, 7) is 7.02.